The van der Waals surface area contributed by atoms with Crippen LogP contribution in [-0.4, -0.2) is 29.3 Å². The lowest BCUT2D eigenvalue weighted by Crippen LogP contribution is -2.29. The fourth-order valence-corrected chi connectivity index (χ4v) is 3.21. The Kier molecular flexibility index (Phi) is 4.34. The van der Waals surface area contributed by atoms with Gasteiger partial charge in [-0.2, -0.15) is 18.2 Å². The van der Waals surface area contributed by atoms with Crippen LogP contribution in [0.5, 0.6) is 5.88 Å². The van der Waals surface area contributed by atoms with E-state index in [2.05, 4.69) is 15.3 Å². The number of aromatic nitrogens is 2. The van der Waals surface area contributed by atoms with Crippen molar-refractivity contribution < 1.29 is 17.9 Å². The molecule has 3 rings (SSSR count). The van der Waals surface area contributed by atoms with Gasteiger partial charge in [0.25, 0.3) is 0 Å². The smallest absolute Gasteiger partial charge is 0.422 e. The zero-order valence-electron chi connectivity index (χ0n) is 14.4. The van der Waals surface area contributed by atoms with Gasteiger partial charge < -0.3 is 10.1 Å². The van der Waals surface area contributed by atoms with E-state index in [4.69, 9.17) is 4.74 Å². The van der Waals surface area contributed by atoms with E-state index in [0.717, 1.165) is 11.1 Å². The first kappa shape index (κ1) is 17.5. The lowest BCUT2D eigenvalue weighted by atomic mass is 9.72. The summed E-state index contributed by atoms with van der Waals surface area (Å²) >= 11 is 0. The number of hydrogen-bond acceptors (Lipinski definition) is 4. The molecule has 0 saturated heterocycles. The van der Waals surface area contributed by atoms with Gasteiger partial charge in [0.1, 0.15) is 0 Å². The molecular formula is C18H20F3N3O. The quantitative estimate of drug-likeness (QED) is 0.890. The van der Waals surface area contributed by atoms with Gasteiger partial charge in [0.2, 0.25) is 11.8 Å². The molecule has 1 aromatic carbocycles. The predicted octanol–water partition coefficient (Wildman–Crippen LogP) is 4.35. The van der Waals surface area contributed by atoms with Gasteiger partial charge in [-0.3, -0.25) is 0 Å². The molecule has 1 aliphatic rings. The van der Waals surface area contributed by atoms with E-state index < -0.39 is 18.2 Å². The summed E-state index contributed by atoms with van der Waals surface area (Å²) in [4.78, 5) is 8.76. The van der Waals surface area contributed by atoms with Crippen molar-refractivity contribution in [2.24, 2.45) is 0 Å². The highest BCUT2D eigenvalue weighted by Crippen LogP contribution is 2.46. The molecule has 0 fully saturated rings. The maximum absolute atomic E-state index is 12.7. The number of ether oxygens (including phenoxy) is 1. The molecule has 0 unspecified atom stereocenters. The molecule has 0 radical (unpaired) electrons. The molecule has 134 valence electrons. The van der Waals surface area contributed by atoms with E-state index in [9.17, 15) is 13.2 Å². The number of nitrogens with one attached hydrogen (secondary N) is 1. The van der Waals surface area contributed by atoms with Crippen molar-refractivity contribution in [3.8, 4) is 17.1 Å². The van der Waals surface area contributed by atoms with Gasteiger partial charge in [-0.05, 0) is 18.9 Å². The minimum atomic E-state index is -4.42. The summed E-state index contributed by atoms with van der Waals surface area (Å²) in [5, 5.41) is 2.97. The molecule has 0 atom stereocenters. The third-order valence-electron chi connectivity index (χ3n) is 4.16. The van der Waals surface area contributed by atoms with Crippen molar-refractivity contribution in [1.82, 2.24) is 9.97 Å². The Hall–Kier alpha value is -2.31. The molecule has 25 heavy (non-hydrogen) atoms. The minimum Gasteiger partial charge on any atom is -0.468 e. The Morgan fingerprint density at radius 1 is 1.20 bits per heavy atom. The van der Waals surface area contributed by atoms with Crippen molar-refractivity contribution in [1.29, 1.82) is 0 Å². The minimum absolute atomic E-state index is 0.00206. The molecule has 0 bridgehead atoms. The highest BCUT2D eigenvalue weighted by molar-refractivity contribution is 5.74. The van der Waals surface area contributed by atoms with Crippen LogP contribution >= 0.6 is 0 Å². The van der Waals surface area contributed by atoms with Gasteiger partial charge in [0.05, 0.1) is 5.69 Å². The molecule has 0 saturated carbocycles. The summed E-state index contributed by atoms with van der Waals surface area (Å²) < 4.78 is 43.1. The Bertz CT molecular complexity index is 788. The lowest BCUT2D eigenvalue weighted by molar-refractivity contribution is -0.154. The molecular weight excluding hydrogens is 331 g/mol. The topological polar surface area (TPSA) is 47.0 Å². The number of alkyl halides is 3. The van der Waals surface area contributed by atoms with Crippen LogP contribution < -0.4 is 10.1 Å². The SMILES string of the molecule is CCNc1nc(OCC(F)(F)F)c2c(n1)-c1ccccc1CC2(C)C. The van der Waals surface area contributed by atoms with Crippen LogP contribution in [0.1, 0.15) is 31.9 Å². The fraction of sp³-hybridized carbons (Fsp3) is 0.444. The van der Waals surface area contributed by atoms with E-state index >= 15 is 0 Å². The molecule has 0 aliphatic heterocycles. The summed E-state index contributed by atoms with van der Waals surface area (Å²) in [6.45, 7) is 5.00. The first-order chi connectivity index (χ1) is 11.7. The number of hydrogen-bond donors (Lipinski definition) is 1. The Morgan fingerprint density at radius 2 is 1.92 bits per heavy atom. The Labute approximate surface area is 144 Å². The average Bonchev–Trinajstić information content (AvgIpc) is 2.51. The van der Waals surface area contributed by atoms with Crippen LogP contribution in [0.3, 0.4) is 0 Å². The number of rotatable bonds is 4. The summed E-state index contributed by atoms with van der Waals surface area (Å²) in [6.07, 6.45) is -3.74. The summed E-state index contributed by atoms with van der Waals surface area (Å²) in [7, 11) is 0. The molecule has 0 spiro atoms. The zero-order valence-corrected chi connectivity index (χ0v) is 14.4. The van der Waals surface area contributed by atoms with Crippen LogP contribution in [-0.2, 0) is 11.8 Å². The number of anilines is 1. The van der Waals surface area contributed by atoms with Gasteiger partial charge in [-0.15, -0.1) is 0 Å². The van der Waals surface area contributed by atoms with E-state index in [1.54, 1.807) is 0 Å². The second-order valence-corrected chi connectivity index (χ2v) is 6.73. The summed E-state index contributed by atoms with van der Waals surface area (Å²) in [5.41, 5.74) is 2.85. The van der Waals surface area contributed by atoms with Crippen molar-refractivity contribution in [2.45, 2.75) is 38.8 Å². The van der Waals surface area contributed by atoms with Gasteiger partial charge >= 0.3 is 6.18 Å². The number of benzene rings is 1. The molecule has 4 nitrogen and oxygen atoms in total. The number of fused-ring (bicyclic) bond motifs is 3. The number of nitrogens with zero attached hydrogens (tertiary/aromatic N) is 2. The molecule has 1 aliphatic carbocycles. The normalized spacial score (nSPS) is 15.3. The van der Waals surface area contributed by atoms with Gasteiger partial charge in [-0.1, -0.05) is 38.1 Å². The van der Waals surface area contributed by atoms with E-state index in [1.807, 2.05) is 45.0 Å². The third-order valence-corrected chi connectivity index (χ3v) is 4.16. The van der Waals surface area contributed by atoms with Crippen molar-refractivity contribution in [3.63, 3.8) is 0 Å². The van der Waals surface area contributed by atoms with E-state index in [1.165, 1.54) is 0 Å². The van der Waals surface area contributed by atoms with Crippen LogP contribution in [0.2, 0.25) is 0 Å². The highest BCUT2D eigenvalue weighted by atomic mass is 19.4. The molecule has 2 aromatic rings. The molecule has 0 amide bonds. The fourth-order valence-electron chi connectivity index (χ4n) is 3.21. The number of halogens is 3. The largest absolute Gasteiger partial charge is 0.468 e. The second-order valence-electron chi connectivity index (χ2n) is 6.73. The van der Waals surface area contributed by atoms with Crippen molar-refractivity contribution in [2.75, 3.05) is 18.5 Å². The summed E-state index contributed by atoms with van der Waals surface area (Å²) in [6, 6.07) is 7.80. The zero-order chi connectivity index (χ0) is 18.2. The Morgan fingerprint density at radius 3 is 2.60 bits per heavy atom. The monoisotopic (exact) mass is 351 g/mol. The first-order valence-corrected chi connectivity index (χ1v) is 8.15. The molecule has 1 heterocycles. The van der Waals surface area contributed by atoms with Crippen molar-refractivity contribution >= 4 is 5.95 Å². The predicted molar refractivity (Wildman–Crippen MR) is 89.9 cm³/mol. The first-order valence-electron chi connectivity index (χ1n) is 8.15. The van der Waals surface area contributed by atoms with E-state index in [-0.39, 0.29) is 11.8 Å². The second kappa shape index (κ2) is 6.20. The van der Waals surface area contributed by atoms with Gasteiger partial charge in [0.15, 0.2) is 6.61 Å². The van der Waals surface area contributed by atoms with Crippen LogP contribution in [0.4, 0.5) is 19.1 Å². The maximum Gasteiger partial charge on any atom is 0.422 e. The lowest BCUT2D eigenvalue weighted by Gasteiger charge is -2.34. The Balaban J connectivity index is 2.18. The van der Waals surface area contributed by atoms with Gasteiger partial charge in [0, 0.05) is 23.1 Å². The van der Waals surface area contributed by atoms with Gasteiger partial charge in [-0.25, -0.2) is 4.98 Å². The van der Waals surface area contributed by atoms with E-state index in [0.29, 0.717) is 24.2 Å². The maximum atomic E-state index is 12.7. The average molecular weight is 351 g/mol. The molecule has 7 heteroatoms. The van der Waals surface area contributed by atoms with Crippen LogP contribution in [0.15, 0.2) is 24.3 Å². The van der Waals surface area contributed by atoms with Crippen LogP contribution in [0.25, 0.3) is 11.3 Å². The van der Waals surface area contributed by atoms with Crippen LogP contribution in [0, 0.1) is 0 Å². The molecule has 1 aromatic heterocycles. The standard InChI is InChI=1S/C18H20F3N3O/c1-4-22-16-23-14-12-8-6-5-7-11(12)9-17(2,3)13(14)15(24-16)25-10-18(19,20)21/h5-8H,4,9-10H2,1-3H3,(H,22,23,24). The highest BCUT2D eigenvalue weighted by Gasteiger charge is 2.38. The van der Waals surface area contributed by atoms with Crippen molar-refractivity contribution in [3.05, 3.63) is 35.4 Å². The molecule has 1 N–H and O–H groups in total. The summed E-state index contributed by atoms with van der Waals surface area (Å²) in [5.74, 6) is 0.267. The third kappa shape index (κ3) is 3.55.